The third-order valence-corrected chi connectivity index (χ3v) is 4.43. The number of rotatable bonds is 6. The molecule has 0 fully saturated rings. The van der Waals surface area contributed by atoms with Gasteiger partial charge in [0.1, 0.15) is 5.76 Å². The van der Waals surface area contributed by atoms with Crippen molar-refractivity contribution in [3.63, 3.8) is 0 Å². The van der Waals surface area contributed by atoms with E-state index in [1.807, 2.05) is 42.5 Å². The number of carbonyl (C=O) groups is 2. The van der Waals surface area contributed by atoms with Crippen molar-refractivity contribution >= 4 is 11.9 Å². The second-order valence-electron chi connectivity index (χ2n) is 6.95. The van der Waals surface area contributed by atoms with Crippen LogP contribution in [0, 0.1) is 0 Å². The van der Waals surface area contributed by atoms with E-state index in [2.05, 4.69) is 24.3 Å². The van der Waals surface area contributed by atoms with E-state index < -0.39 is 18.2 Å². The van der Waals surface area contributed by atoms with Gasteiger partial charge in [0.2, 0.25) is 5.91 Å². The van der Waals surface area contributed by atoms with Crippen molar-refractivity contribution in [2.45, 2.75) is 25.2 Å². The molecule has 1 amide bonds. The molecule has 2 aromatic carbocycles. The summed E-state index contributed by atoms with van der Waals surface area (Å²) in [6.07, 6.45) is -2.97. The fourth-order valence-electron chi connectivity index (χ4n) is 2.80. The molecule has 9 heteroatoms. The van der Waals surface area contributed by atoms with E-state index in [-0.39, 0.29) is 5.91 Å². The zero-order valence-electron chi connectivity index (χ0n) is 17.3. The second-order valence-corrected chi connectivity index (χ2v) is 6.95. The van der Waals surface area contributed by atoms with Gasteiger partial charge in [0.15, 0.2) is 0 Å². The molecule has 0 spiro atoms. The molecule has 1 aromatic heterocycles. The molecule has 3 aromatic rings. The number of carboxylic acids is 1. The van der Waals surface area contributed by atoms with Gasteiger partial charge in [-0.25, -0.2) is 4.79 Å². The van der Waals surface area contributed by atoms with Crippen LogP contribution in [0.3, 0.4) is 0 Å². The van der Waals surface area contributed by atoms with Crippen molar-refractivity contribution in [3.05, 3.63) is 84.3 Å². The van der Waals surface area contributed by atoms with Crippen LogP contribution in [-0.2, 0) is 22.6 Å². The fraction of sp³-hybridized carbons (Fsp3) is 0.217. The molecular formula is C23H23F3N2O4. The lowest BCUT2D eigenvalue weighted by Crippen LogP contribution is -2.42. The molecule has 1 heterocycles. The SMILES string of the molecule is CN(Cc1ccco1)C(=O)[C@@H](N)Cc1ccc(-c2ccccc2)cc1.O=C(O)C(F)(F)F. The van der Waals surface area contributed by atoms with Crippen LogP contribution in [0.2, 0.25) is 0 Å². The highest BCUT2D eigenvalue weighted by molar-refractivity contribution is 5.81. The van der Waals surface area contributed by atoms with Crippen LogP contribution in [0.15, 0.2) is 77.4 Å². The Morgan fingerprint density at radius 3 is 2.06 bits per heavy atom. The maximum Gasteiger partial charge on any atom is 0.490 e. The van der Waals surface area contributed by atoms with Gasteiger partial charge in [-0.3, -0.25) is 4.79 Å². The summed E-state index contributed by atoms with van der Waals surface area (Å²) >= 11 is 0. The second kappa shape index (κ2) is 11.1. The summed E-state index contributed by atoms with van der Waals surface area (Å²) in [5.41, 5.74) is 9.48. The number of carboxylic acid groups (broad SMARTS) is 1. The predicted molar refractivity (Wildman–Crippen MR) is 112 cm³/mol. The molecule has 0 aliphatic heterocycles. The average Bonchev–Trinajstić information content (AvgIpc) is 3.27. The molecule has 170 valence electrons. The largest absolute Gasteiger partial charge is 0.490 e. The summed E-state index contributed by atoms with van der Waals surface area (Å²) in [4.78, 5) is 22.9. The van der Waals surface area contributed by atoms with E-state index in [4.69, 9.17) is 20.1 Å². The monoisotopic (exact) mass is 448 g/mol. The number of hydrogen-bond donors (Lipinski definition) is 2. The van der Waals surface area contributed by atoms with Crippen molar-refractivity contribution in [2.24, 2.45) is 5.73 Å². The lowest BCUT2D eigenvalue weighted by atomic mass is 10.0. The zero-order chi connectivity index (χ0) is 23.7. The molecule has 0 saturated carbocycles. The minimum Gasteiger partial charge on any atom is -0.475 e. The third kappa shape index (κ3) is 7.59. The van der Waals surface area contributed by atoms with E-state index in [0.29, 0.717) is 13.0 Å². The van der Waals surface area contributed by atoms with Gasteiger partial charge in [0.05, 0.1) is 18.8 Å². The van der Waals surface area contributed by atoms with E-state index in [1.165, 1.54) is 5.56 Å². The van der Waals surface area contributed by atoms with E-state index >= 15 is 0 Å². The van der Waals surface area contributed by atoms with Crippen LogP contribution in [0.5, 0.6) is 0 Å². The highest BCUT2D eigenvalue weighted by Gasteiger charge is 2.38. The Kier molecular flexibility index (Phi) is 8.60. The number of amides is 1. The Morgan fingerprint density at radius 1 is 1.00 bits per heavy atom. The first-order valence-electron chi connectivity index (χ1n) is 9.55. The zero-order valence-corrected chi connectivity index (χ0v) is 17.3. The van der Waals surface area contributed by atoms with Crippen molar-refractivity contribution in [1.82, 2.24) is 4.90 Å². The normalized spacial score (nSPS) is 11.8. The topological polar surface area (TPSA) is 96.8 Å². The number of carbonyl (C=O) groups excluding carboxylic acids is 1. The van der Waals surface area contributed by atoms with Crippen LogP contribution in [-0.4, -0.2) is 41.1 Å². The molecule has 0 unspecified atom stereocenters. The lowest BCUT2D eigenvalue weighted by Gasteiger charge is -2.20. The van der Waals surface area contributed by atoms with Gasteiger partial charge in [0, 0.05) is 7.05 Å². The first kappa shape index (κ1) is 24.7. The van der Waals surface area contributed by atoms with Gasteiger partial charge in [-0.1, -0.05) is 54.6 Å². The minimum atomic E-state index is -5.08. The van der Waals surface area contributed by atoms with Crippen LogP contribution in [0.25, 0.3) is 11.1 Å². The van der Waals surface area contributed by atoms with Crippen LogP contribution >= 0.6 is 0 Å². The molecule has 3 N–H and O–H groups in total. The van der Waals surface area contributed by atoms with E-state index in [0.717, 1.165) is 16.9 Å². The van der Waals surface area contributed by atoms with E-state index in [1.54, 1.807) is 18.2 Å². The number of likely N-dealkylation sites (N-methyl/N-ethyl adjacent to an activating group) is 1. The average molecular weight is 448 g/mol. The number of nitrogens with two attached hydrogens (primary N) is 1. The lowest BCUT2D eigenvalue weighted by molar-refractivity contribution is -0.192. The number of nitrogens with zero attached hydrogens (tertiary/aromatic N) is 1. The Morgan fingerprint density at radius 2 is 1.56 bits per heavy atom. The van der Waals surface area contributed by atoms with Crippen molar-refractivity contribution in [2.75, 3.05) is 7.05 Å². The molecular weight excluding hydrogens is 425 g/mol. The standard InChI is InChI=1S/C21H22N2O2.C2HF3O2/c1-23(15-19-8-5-13-25-19)21(24)20(22)14-16-9-11-18(12-10-16)17-6-3-2-4-7-17;3-2(4,5)1(6)7/h2-13,20H,14-15,22H2,1H3;(H,6,7)/t20-;/m0./s1. The summed E-state index contributed by atoms with van der Waals surface area (Å²) in [5.74, 6) is -2.11. The number of hydrogen-bond acceptors (Lipinski definition) is 4. The minimum absolute atomic E-state index is 0.0939. The molecule has 0 aliphatic carbocycles. The van der Waals surface area contributed by atoms with Gasteiger partial charge in [-0.2, -0.15) is 13.2 Å². The predicted octanol–water partition coefficient (Wildman–Crippen LogP) is 4.11. The highest BCUT2D eigenvalue weighted by Crippen LogP contribution is 2.20. The van der Waals surface area contributed by atoms with Gasteiger partial charge in [0.25, 0.3) is 0 Å². The Bertz CT molecular complexity index is 988. The molecule has 6 nitrogen and oxygen atoms in total. The Labute approximate surface area is 183 Å². The molecule has 32 heavy (non-hydrogen) atoms. The van der Waals surface area contributed by atoms with Gasteiger partial charge in [-0.05, 0) is 35.2 Å². The van der Waals surface area contributed by atoms with Gasteiger partial charge < -0.3 is 20.2 Å². The van der Waals surface area contributed by atoms with Crippen molar-refractivity contribution in [3.8, 4) is 11.1 Å². The van der Waals surface area contributed by atoms with Crippen LogP contribution < -0.4 is 5.73 Å². The molecule has 0 aliphatic rings. The summed E-state index contributed by atoms with van der Waals surface area (Å²) in [6.45, 7) is 0.423. The summed E-state index contributed by atoms with van der Waals surface area (Å²) < 4.78 is 37.0. The molecule has 3 rings (SSSR count). The van der Waals surface area contributed by atoms with Crippen LogP contribution in [0.1, 0.15) is 11.3 Å². The number of aliphatic carboxylic acids is 1. The number of alkyl halides is 3. The fourth-order valence-corrected chi connectivity index (χ4v) is 2.80. The van der Waals surface area contributed by atoms with Gasteiger partial charge >= 0.3 is 12.1 Å². The maximum atomic E-state index is 12.4. The summed E-state index contributed by atoms with van der Waals surface area (Å²) in [6, 6.07) is 21.5. The Balaban J connectivity index is 0.000000451. The van der Waals surface area contributed by atoms with Crippen molar-refractivity contribution in [1.29, 1.82) is 0 Å². The first-order chi connectivity index (χ1) is 15.1. The highest BCUT2D eigenvalue weighted by atomic mass is 19.4. The van der Waals surface area contributed by atoms with E-state index in [9.17, 15) is 18.0 Å². The first-order valence-corrected chi connectivity index (χ1v) is 9.55. The Hall–Kier alpha value is -3.59. The van der Waals surface area contributed by atoms with Crippen molar-refractivity contribution < 1.29 is 32.3 Å². The molecule has 0 saturated heterocycles. The number of halogens is 3. The quantitative estimate of drug-likeness (QED) is 0.592. The molecule has 0 radical (unpaired) electrons. The summed E-state index contributed by atoms with van der Waals surface area (Å²) in [5, 5.41) is 7.12. The molecule has 1 atom stereocenters. The van der Waals surface area contributed by atoms with Gasteiger partial charge in [-0.15, -0.1) is 0 Å². The maximum absolute atomic E-state index is 12.4. The molecule has 0 bridgehead atoms. The third-order valence-electron chi connectivity index (χ3n) is 4.43. The number of benzene rings is 2. The number of furan rings is 1. The van der Waals surface area contributed by atoms with Crippen LogP contribution in [0.4, 0.5) is 13.2 Å². The smallest absolute Gasteiger partial charge is 0.475 e. The summed E-state index contributed by atoms with van der Waals surface area (Å²) in [7, 11) is 1.74.